The lowest BCUT2D eigenvalue weighted by molar-refractivity contribution is -0.138. The van der Waals surface area contributed by atoms with Crippen molar-refractivity contribution in [3.05, 3.63) is 29.8 Å². The van der Waals surface area contributed by atoms with Crippen molar-refractivity contribution in [2.24, 2.45) is 11.7 Å². The number of nitrogens with one attached hydrogen (secondary N) is 1. The van der Waals surface area contributed by atoms with Gasteiger partial charge in [0.15, 0.2) is 0 Å². The molecule has 3 N–H and O–H groups in total. The highest BCUT2D eigenvalue weighted by atomic mass is 16.2. The van der Waals surface area contributed by atoms with Gasteiger partial charge in [-0.2, -0.15) is 0 Å². The van der Waals surface area contributed by atoms with Gasteiger partial charge < -0.3 is 16.0 Å². The molecule has 0 spiro atoms. The van der Waals surface area contributed by atoms with Crippen molar-refractivity contribution >= 4 is 17.5 Å². The molecule has 0 saturated heterocycles. The molecule has 0 heterocycles. The van der Waals surface area contributed by atoms with Gasteiger partial charge in [-0.25, -0.2) is 0 Å². The third-order valence-electron chi connectivity index (χ3n) is 3.74. The van der Waals surface area contributed by atoms with Crippen LogP contribution in [0.2, 0.25) is 0 Å². The van der Waals surface area contributed by atoms with E-state index in [1.165, 1.54) is 0 Å². The number of aryl methyl sites for hydroxylation is 1. The standard InChI is InChI=1S/C17H27N3O2/c1-5-10-20(17(22)13(3)14(4)18)11-16(21)19-15-9-7-6-8-12(15)2/h6-9,13-14H,5,10-11,18H2,1-4H3,(H,19,21). The lowest BCUT2D eigenvalue weighted by Crippen LogP contribution is -2.45. The van der Waals surface area contributed by atoms with Crippen LogP contribution in [-0.2, 0) is 9.59 Å². The van der Waals surface area contributed by atoms with Gasteiger partial charge in [-0.3, -0.25) is 9.59 Å². The van der Waals surface area contributed by atoms with Crippen LogP contribution in [-0.4, -0.2) is 35.8 Å². The van der Waals surface area contributed by atoms with Crippen LogP contribution in [0.3, 0.4) is 0 Å². The van der Waals surface area contributed by atoms with Crippen molar-refractivity contribution in [2.75, 3.05) is 18.4 Å². The lowest BCUT2D eigenvalue weighted by Gasteiger charge is -2.26. The van der Waals surface area contributed by atoms with Gasteiger partial charge in [-0.05, 0) is 31.9 Å². The number of benzene rings is 1. The van der Waals surface area contributed by atoms with Crippen molar-refractivity contribution in [1.82, 2.24) is 4.90 Å². The van der Waals surface area contributed by atoms with Gasteiger partial charge in [0, 0.05) is 18.3 Å². The van der Waals surface area contributed by atoms with Gasteiger partial charge in [0.1, 0.15) is 0 Å². The van der Waals surface area contributed by atoms with Crippen LogP contribution in [0.5, 0.6) is 0 Å². The number of carbonyl (C=O) groups excluding carboxylic acids is 2. The Morgan fingerprint density at radius 3 is 2.45 bits per heavy atom. The Balaban J connectivity index is 2.72. The molecule has 2 atom stereocenters. The summed E-state index contributed by atoms with van der Waals surface area (Å²) in [6, 6.07) is 7.34. The average Bonchev–Trinajstić information content (AvgIpc) is 2.47. The van der Waals surface area contributed by atoms with Gasteiger partial charge in [-0.1, -0.05) is 32.0 Å². The molecule has 0 aliphatic rings. The van der Waals surface area contributed by atoms with Gasteiger partial charge >= 0.3 is 0 Å². The maximum absolute atomic E-state index is 12.4. The van der Waals surface area contributed by atoms with Crippen LogP contribution in [0.25, 0.3) is 0 Å². The Morgan fingerprint density at radius 2 is 1.91 bits per heavy atom. The minimum Gasteiger partial charge on any atom is -0.333 e. The normalized spacial score (nSPS) is 13.3. The summed E-state index contributed by atoms with van der Waals surface area (Å²) in [6.45, 7) is 8.13. The van der Waals surface area contributed by atoms with Crippen LogP contribution in [0, 0.1) is 12.8 Å². The molecule has 5 heteroatoms. The van der Waals surface area contributed by atoms with Crippen LogP contribution in [0.1, 0.15) is 32.8 Å². The summed E-state index contributed by atoms with van der Waals surface area (Å²) in [5, 5.41) is 2.86. The summed E-state index contributed by atoms with van der Waals surface area (Å²) >= 11 is 0. The third kappa shape index (κ3) is 5.15. The molecule has 1 aromatic rings. The van der Waals surface area contributed by atoms with Crippen molar-refractivity contribution in [3.63, 3.8) is 0 Å². The third-order valence-corrected chi connectivity index (χ3v) is 3.74. The Bertz CT molecular complexity index is 514. The Hall–Kier alpha value is -1.88. The molecular formula is C17H27N3O2. The van der Waals surface area contributed by atoms with Crippen LogP contribution < -0.4 is 11.1 Å². The first-order chi connectivity index (χ1) is 10.4. The van der Waals surface area contributed by atoms with E-state index in [4.69, 9.17) is 5.73 Å². The highest BCUT2D eigenvalue weighted by Gasteiger charge is 2.24. The zero-order valence-electron chi connectivity index (χ0n) is 13.9. The van der Waals surface area contributed by atoms with Gasteiger partial charge in [-0.15, -0.1) is 0 Å². The molecule has 2 unspecified atom stereocenters. The maximum Gasteiger partial charge on any atom is 0.244 e. The summed E-state index contributed by atoms with van der Waals surface area (Å²) in [5.41, 5.74) is 7.57. The highest BCUT2D eigenvalue weighted by Crippen LogP contribution is 2.13. The smallest absolute Gasteiger partial charge is 0.244 e. The molecule has 0 aromatic heterocycles. The van der Waals surface area contributed by atoms with Crippen molar-refractivity contribution in [2.45, 2.75) is 40.2 Å². The molecule has 1 aromatic carbocycles. The molecule has 0 aliphatic carbocycles. The summed E-state index contributed by atoms with van der Waals surface area (Å²) in [4.78, 5) is 26.2. The number of anilines is 1. The number of nitrogens with zero attached hydrogens (tertiary/aromatic N) is 1. The molecule has 5 nitrogen and oxygen atoms in total. The number of amides is 2. The SMILES string of the molecule is CCCN(CC(=O)Nc1ccccc1C)C(=O)C(C)C(C)N. The highest BCUT2D eigenvalue weighted by molar-refractivity contribution is 5.95. The summed E-state index contributed by atoms with van der Waals surface area (Å²) in [6.07, 6.45) is 0.801. The molecule has 0 bridgehead atoms. The average molecular weight is 305 g/mol. The molecule has 0 aliphatic heterocycles. The number of nitrogens with two attached hydrogens (primary N) is 1. The fourth-order valence-corrected chi connectivity index (χ4v) is 2.13. The fourth-order valence-electron chi connectivity index (χ4n) is 2.13. The summed E-state index contributed by atoms with van der Waals surface area (Å²) in [5.74, 6) is -0.553. The van der Waals surface area contributed by atoms with Gasteiger partial charge in [0.05, 0.1) is 12.5 Å². The molecule has 0 saturated carbocycles. The zero-order chi connectivity index (χ0) is 16.7. The first-order valence-corrected chi connectivity index (χ1v) is 7.76. The van der Waals surface area contributed by atoms with E-state index in [9.17, 15) is 9.59 Å². The minimum absolute atomic E-state index is 0.0536. The van der Waals surface area contributed by atoms with E-state index in [0.29, 0.717) is 6.54 Å². The lowest BCUT2D eigenvalue weighted by atomic mass is 10.0. The van der Waals surface area contributed by atoms with E-state index in [1.54, 1.807) is 18.7 Å². The maximum atomic E-state index is 12.4. The second-order valence-corrected chi connectivity index (χ2v) is 5.77. The van der Waals surface area contributed by atoms with E-state index >= 15 is 0 Å². The van der Waals surface area contributed by atoms with E-state index in [-0.39, 0.29) is 30.3 Å². The van der Waals surface area contributed by atoms with Crippen molar-refractivity contribution < 1.29 is 9.59 Å². The van der Waals surface area contributed by atoms with Crippen molar-refractivity contribution in [3.8, 4) is 0 Å². The second-order valence-electron chi connectivity index (χ2n) is 5.77. The van der Waals surface area contributed by atoms with E-state index in [0.717, 1.165) is 17.7 Å². The predicted octanol–water partition coefficient (Wildman–Crippen LogP) is 2.16. The Kier molecular flexibility index (Phi) is 7.05. The van der Waals surface area contributed by atoms with E-state index in [1.807, 2.05) is 38.1 Å². The zero-order valence-corrected chi connectivity index (χ0v) is 13.9. The number of para-hydroxylation sites is 1. The molecule has 2 amide bonds. The monoisotopic (exact) mass is 305 g/mol. The largest absolute Gasteiger partial charge is 0.333 e. The molecule has 0 radical (unpaired) electrons. The first kappa shape index (κ1) is 18.2. The Labute approximate surface area is 132 Å². The summed E-state index contributed by atoms with van der Waals surface area (Å²) in [7, 11) is 0. The van der Waals surface area contributed by atoms with E-state index in [2.05, 4.69) is 5.32 Å². The summed E-state index contributed by atoms with van der Waals surface area (Å²) < 4.78 is 0. The number of hydrogen-bond donors (Lipinski definition) is 2. The van der Waals surface area contributed by atoms with E-state index < -0.39 is 0 Å². The number of rotatable bonds is 7. The molecule has 0 fully saturated rings. The predicted molar refractivity (Wildman–Crippen MR) is 89.5 cm³/mol. The molecular weight excluding hydrogens is 278 g/mol. The molecule has 122 valence electrons. The van der Waals surface area contributed by atoms with Crippen LogP contribution in [0.15, 0.2) is 24.3 Å². The fraction of sp³-hybridized carbons (Fsp3) is 0.529. The topological polar surface area (TPSA) is 75.4 Å². The van der Waals surface area contributed by atoms with Gasteiger partial charge in [0.2, 0.25) is 11.8 Å². The van der Waals surface area contributed by atoms with Gasteiger partial charge in [0.25, 0.3) is 0 Å². The first-order valence-electron chi connectivity index (χ1n) is 7.76. The second kappa shape index (κ2) is 8.54. The van der Waals surface area contributed by atoms with Crippen LogP contribution >= 0.6 is 0 Å². The Morgan fingerprint density at radius 1 is 1.27 bits per heavy atom. The van der Waals surface area contributed by atoms with Crippen molar-refractivity contribution in [1.29, 1.82) is 0 Å². The number of hydrogen-bond acceptors (Lipinski definition) is 3. The molecule has 22 heavy (non-hydrogen) atoms. The minimum atomic E-state index is -0.294. The van der Waals surface area contributed by atoms with Crippen LogP contribution in [0.4, 0.5) is 5.69 Å². The molecule has 1 rings (SSSR count). The quantitative estimate of drug-likeness (QED) is 0.810. The number of carbonyl (C=O) groups is 2.